The summed E-state index contributed by atoms with van der Waals surface area (Å²) in [7, 11) is 0. The van der Waals surface area contributed by atoms with Gasteiger partial charge in [-0.25, -0.2) is 0 Å². The Kier molecular flexibility index (Phi) is 6.52. The first kappa shape index (κ1) is 16.3. The first-order valence-electron chi connectivity index (χ1n) is 8.35. The van der Waals surface area contributed by atoms with Crippen LogP contribution < -0.4 is 10.1 Å². The van der Waals surface area contributed by atoms with Crippen molar-refractivity contribution in [2.24, 2.45) is 5.92 Å². The minimum absolute atomic E-state index is 0.656. The maximum absolute atomic E-state index is 5.77. The lowest BCUT2D eigenvalue weighted by atomic mass is 10.1. The minimum atomic E-state index is 0.656. The van der Waals surface area contributed by atoms with E-state index in [1.165, 1.54) is 24.9 Å². The van der Waals surface area contributed by atoms with Gasteiger partial charge in [-0.1, -0.05) is 32.0 Å². The fourth-order valence-corrected chi connectivity index (χ4v) is 3.12. The summed E-state index contributed by atoms with van der Waals surface area (Å²) in [5, 5.41) is 3.61. The number of ether oxygens (including phenoxy) is 1. The monoisotopic (exact) mass is 290 g/mol. The van der Waals surface area contributed by atoms with Crippen LogP contribution in [0.4, 0.5) is 0 Å². The average Bonchev–Trinajstić information content (AvgIpc) is 2.93. The normalized spacial score (nSPS) is 18.6. The van der Waals surface area contributed by atoms with E-state index in [0.717, 1.165) is 32.0 Å². The molecule has 1 aromatic carbocycles. The van der Waals surface area contributed by atoms with Crippen LogP contribution in [0.5, 0.6) is 5.75 Å². The molecule has 1 heterocycles. The van der Waals surface area contributed by atoms with E-state index in [-0.39, 0.29) is 0 Å². The van der Waals surface area contributed by atoms with Crippen LogP contribution in [-0.4, -0.2) is 37.2 Å². The van der Waals surface area contributed by atoms with Crippen LogP contribution >= 0.6 is 0 Å². The Bertz CT molecular complexity index is 413. The van der Waals surface area contributed by atoms with Gasteiger partial charge >= 0.3 is 0 Å². The van der Waals surface area contributed by atoms with E-state index in [0.29, 0.717) is 12.0 Å². The predicted octanol–water partition coefficient (Wildman–Crippen LogP) is 3.30. The number of rotatable bonds is 8. The van der Waals surface area contributed by atoms with Crippen molar-refractivity contribution in [2.75, 3.05) is 26.2 Å². The molecule has 1 aliphatic heterocycles. The Labute approximate surface area is 129 Å². The van der Waals surface area contributed by atoms with E-state index in [4.69, 9.17) is 4.74 Å². The molecule has 0 aromatic heterocycles. The summed E-state index contributed by atoms with van der Waals surface area (Å²) in [6.45, 7) is 11.8. The van der Waals surface area contributed by atoms with E-state index in [9.17, 15) is 0 Å². The van der Waals surface area contributed by atoms with Gasteiger partial charge in [0.1, 0.15) is 5.75 Å². The molecule has 21 heavy (non-hydrogen) atoms. The molecule has 0 radical (unpaired) electrons. The van der Waals surface area contributed by atoms with Gasteiger partial charge in [0.2, 0.25) is 0 Å². The quantitative estimate of drug-likeness (QED) is 0.795. The first-order valence-corrected chi connectivity index (χ1v) is 8.35. The van der Waals surface area contributed by atoms with Crippen LogP contribution in [0.1, 0.15) is 39.2 Å². The third kappa shape index (κ3) is 5.33. The van der Waals surface area contributed by atoms with E-state index in [2.05, 4.69) is 48.3 Å². The van der Waals surface area contributed by atoms with Crippen molar-refractivity contribution in [1.82, 2.24) is 10.2 Å². The van der Waals surface area contributed by atoms with Crippen molar-refractivity contribution in [1.29, 1.82) is 0 Å². The summed E-state index contributed by atoms with van der Waals surface area (Å²) in [5.41, 5.74) is 1.30. The largest absolute Gasteiger partial charge is 0.494 e. The molecule has 1 N–H and O–H groups in total. The van der Waals surface area contributed by atoms with Crippen LogP contribution in [-0.2, 0) is 6.54 Å². The minimum Gasteiger partial charge on any atom is -0.494 e. The van der Waals surface area contributed by atoms with Gasteiger partial charge in [-0.2, -0.15) is 0 Å². The standard InChI is InChI=1S/C18H30N2O/c1-4-21-18-10-6-5-8-16(18)13-20(12-15(2)3)14-17-9-7-11-19-17/h5-6,8,10,15,17,19H,4,7,9,11-14H2,1-3H3. The van der Waals surface area contributed by atoms with E-state index < -0.39 is 0 Å². The molecule has 1 atom stereocenters. The van der Waals surface area contributed by atoms with Crippen LogP contribution in [0.2, 0.25) is 0 Å². The maximum atomic E-state index is 5.77. The van der Waals surface area contributed by atoms with Gasteiger partial charge in [-0.3, -0.25) is 4.90 Å². The topological polar surface area (TPSA) is 24.5 Å². The van der Waals surface area contributed by atoms with Crippen LogP contribution in [0.25, 0.3) is 0 Å². The molecule has 0 bridgehead atoms. The van der Waals surface area contributed by atoms with E-state index in [1.54, 1.807) is 0 Å². The summed E-state index contributed by atoms with van der Waals surface area (Å²) in [6.07, 6.45) is 2.62. The highest BCUT2D eigenvalue weighted by atomic mass is 16.5. The molecule has 0 aliphatic carbocycles. The molecule has 2 rings (SSSR count). The summed E-state index contributed by atoms with van der Waals surface area (Å²) in [5.74, 6) is 1.72. The molecule has 3 heteroatoms. The molecular weight excluding hydrogens is 260 g/mol. The Morgan fingerprint density at radius 2 is 2.14 bits per heavy atom. The van der Waals surface area contributed by atoms with Gasteiger partial charge in [-0.15, -0.1) is 0 Å². The average molecular weight is 290 g/mol. The molecule has 3 nitrogen and oxygen atoms in total. The van der Waals surface area contributed by atoms with Crippen molar-refractivity contribution < 1.29 is 4.74 Å². The summed E-state index contributed by atoms with van der Waals surface area (Å²) >= 11 is 0. The number of benzene rings is 1. The van der Waals surface area contributed by atoms with Gasteiger partial charge in [0.25, 0.3) is 0 Å². The fourth-order valence-electron chi connectivity index (χ4n) is 3.12. The molecule has 1 saturated heterocycles. The number of hydrogen-bond donors (Lipinski definition) is 1. The van der Waals surface area contributed by atoms with Crippen molar-refractivity contribution in [2.45, 2.75) is 46.2 Å². The Hall–Kier alpha value is -1.06. The fraction of sp³-hybridized carbons (Fsp3) is 0.667. The van der Waals surface area contributed by atoms with Crippen molar-refractivity contribution in [3.8, 4) is 5.75 Å². The Balaban J connectivity index is 2.02. The zero-order valence-corrected chi connectivity index (χ0v) is 13.8. The molecule has 0 saturated carbocycles. The van der Waals surface area contributed by atoms with Gasteiger partial charge in [-0.05, 0) is 38.3 Å². The lowest BCUT2D eigenvalue weighted by molar-refractivity contribution is 0.212. The smallest absolute Gasteiger partial charge is 0.123 e. The Morgan fingerprint density at radius 1 is 1.33 bits per heavy atom. The van der Waals surface area contributed by atoms with Gasteiger partial charge < -0.3 is 10.1 Å². The van der Waals surface area contributed by atoms with Crippen molar-refractivity contribution in [3.05, 3.63) is 29.8 Å². The van der Waals surface area contributed by atoms with Crippen molar-refractivity contribution in [3.63, 3.8) is 0 Å². The van der Waals surface area contributed by atoms with E-state index >= 15 is 0 Å². The summed E-state index contributed by atoms with van der Waals surface area (Å²) in [6, 6.07) is 9.10. The molecular formula is C18H30N2O. The zero-order valence-electron chi connectivity index (χ0n) is 13.8. The zero-order chi connectivity index (χ0) is 15.1. The molecule has 0 amide bonds. The van der Waals surface area contributed by atoms with Gasteiger partial charge in [0.05, 0.1) is 6.61 Å². The third-order valence-corrected chi connectivity index (χ3v) is 3.93. The first-order chi connectivity index (χ1) is 10.2. The number of para-hydroxylation sites is 1. The molecule has 0 spiro atoms. The number of nitrogens with one attached hydrogen (secondary N) is 1. The molecule has 118 valence electrons. The van der Waals surface area contributed by atoms with Crippen LogP contribution in [0.3, 0.4) is 0 Å². The summed E-state index contributed by atoms with van der Waals surface area (Å²) in [4.78, 5) is 2.57. The second kappa shape index (κ2) is 8.40. The maximum Gasteiger partial charge on any atom is 0.123 e. The van der Waals surface area contributed by atoms with Gasteiger partial charge in [0.15, 0.2) is 0 Å². The highest BCUT2D eigenvalue weighted by Gasteiger charge is 2.19. The van der Waals surface area contributed by atoms with Crippen molar-refractivity contribution >= 4 is 0 Å². The third-order valence-electron chi connectivity index (χ3n) is 3.93. The molecule has 1 unspecified atom stereocenters. The molecule has 1 aromatic rings. The van der Waals surface area contributed by atoms with E-state index in [1.807, 2.05) is 6.92 Å². The van der Waals surface area contributed by atoms with Gasteiger partial charge in [0, 0.05) is 31.2 Å². The second-order valence-corrected chi connectivity index (χ2v) is 6.42. The van der Waals surface area contributed by atoms with Crippen LogP contribution in [0, 0.1) is 5.92 Å². The lowest BCUT2D eigenvalue weighted by Gasteiger charge is -2.28. The highest BCUT2D eigenvalue weighted by molar-refractivity contribution is 5.33. The molecule has 1 fully saturated rings. The SMILES string of the molecule is CCOc1ccccc1CN(CC(C)C)CC1CCCN1. The van der Waals surface area contributed by atoms with Crippen LogP contribution in [0.15, 0.2) is 24.3 Å². The summed E-state index contributed by atoms with van der Waals surface area (Å²) < 4.78 is 5.77. The second-order valence-electron chi connectivity index (χ2n) is 6.42. The Morgan fingerprint density at radius 3 is 2.81 bits per heavy atom. The molecule has 1 aliphatic rings. The number of nitrogens with zero attached hydrogens (tertiary/aromatic N) is 1. The lowest BCUT2D eigenvalue weighted by Crippen LogP contribution is -2.39. The highest BCUT2D eigenvalue weighted by Crippen LogP contribution is 2.21. The predicted molar refractivity (Wildman–Crippen MR) is 88.8 cm³/mol. The number of hydrogen-bond acceptors (Lipinski definition) is 3.